The van der Waals surface area contributed by atoms with E-state index in [1.54, 1.807) is 10.6 Å². The summed E-state index contributed by atoms with van der Waals surface area (Å²) < 4.78 is 17.5. The summed E-state index contributed by atoms with van der Waals surface area (Å²) in [6.07, 6.45) is 2.39. The third-order valence-electron chi connectivity index (χ3n) is 3.09. The van der Waals surface area contributed by atoms with E-state index in [0.717, 1.165) is 6.42 Å². The highest BCUT2D eigenvalue weighted by Gasteiger charge is 2.19. The first-order valence-corrected chi connectivity index (χ1v) is 6.36. The number of ether oxygens (including phenoxy) is 3. The molecule has 0 spiro atoms. The summed E-state index contributed by atoms with van der Waals surface area (Å²) in [6, 6.07) is 1.64. The number of aromatic nitrogens is 2. The zero-order chi connectivity index (χ0) is 14.7. The third kappa shape index (κ3) is 2.17. The van der Waals surface area contributed by atoms with Crippen LogP contribution in [0, 0.1) is 0 Å². The minimum atomic E-state index is -0.115. The molecule has 0 amide bonds. The van der Waals surface area contributed by atoms with Gasteiger partial charge in [-0.3, -0.25) is 9.36 Å². The Morgan fingerprint density at radius 1 is 1.15 bits per heavy atom. The Hall–Kier alpha value is -2.24. The van der Waals surface area contributed by atoms with Crippen LogP contribution in [-0.2, 0) is 6.54 Å². The lowest BCUT2D eigenvalue weighted by Gasteiger charge is -2.14. The maximum absolute atomic E-state index is 12.4. The number of rotatable bonds is 5. The molecule has 0 atom stereocenters. The zero-order valence-corrected chi connectivity index (χ0v) is 12.1. The van der Waals surface area contributed by atoms with Crippen molar-refractivity contribution in [2.45, 2.75) is 19.9 Å². The molecular formula is C14H18N2O4. The van der Waals surface area contributed by atoms with Gasteiger partial charge < -0.3 is 14.2 Å². The number of aryl methyl sites for hydroxylation is 1. The zero-order valence-electron chi connectivity index (χ0n) is 12.1. The summed E-state index contributed by atoms with van der Waals surface area (Å²) in [5.41, 5.74) is 0.360. The second kappa shape index (κ2) is 5.81. The van der Waals surface area contributed by atoms with Gasteiger partial charge in [-0.2, -0.15) is 0 Å². The molecule has 1 aromatic carbocycles. The van der Waals surface area contributed by atoms with Crippen molar-refractivity contribution in [1.82, 2.24) is 9.55 Å². The summed E-state index contributed by atoms with van der Waals surface area (Å²) >= 11 is 0. The smallest absolute Gasteiger partial charge is 0.261 e. The van der Waals surface area contributed by atoms with Gasteiger partial charge in [0.15, 0.2) is 11.5 Å². The number of nitrogens with zero attached hydrogens (tertiary/aromatic N) is 2. The van der Waals surface area contributed by atoms with Crippen molar-refractivity contribution >= 4 is 10.9 Å². The minimum absolute atomic E-state index is 0.115. The predicted octanol–water partition coefficient (Wildman–Crippen LogP) is 1.83. The van der Waals surface area contributed by atoms with Crippen LogP contribution in [0.4, 0.5) is 0 Å². The molecule has 0 saturated carbocycles. The van der Waals surface area contributed by atoms with Crippen LogP contribution in [0.2, 0.25) is 0 Å². The molecule has 0 fully saturated rings. The van der Waals surface area contributed by atoms with Gasteiger partial charge >= 0.3 is 0 Å². The van der Waals surface area contributed by atoms with E-state index in [-0.39, 0.29) is 5.56 Å². The highest BCUT2D eigenvalue weighted by molar-refractivity contribution is 5.89. The van der Waals surface area contributed by atoms with E-state index in [2.05, 4.69) is 4.98 Å². The first-order valence-electron chi connectivity index (χ1n) is 6.36. The Kier molecular flexibility index (Phi) is 4.12. The van der Waals surface area contributed by atoms with Gasteiger partial charge in [0.05, 0.1) is 33.0 Å². The van der Waals surface area contributed by atoms with Crippen molar-refractivity contribution in [3.8, 4) is 17.2 Å². The number of methoxy groups -OCH3 is 3. The van der Waals surface area contributed by atoms with Crippen molar-refractivity contribution in [3.05, 3.63) is 22.7 Å². The normalized spacial score (nSPS) is 10.6. The van der Waals surface area contributed by atoms with Crippen molar-refractivity contribution in [3.63, 3.8) is 0 Å². The number of hydrogen-bond donors (Lipinski definition) is 0. The monoisotopic (exact) mass is 278 g/mol. The Morgan fingerprint density at radius 2 is 1.85 bits per heavy atom. The van der Waals surface area contributed by atoms with E-state index in [0.29, 0.717) is 34.7 Å². The number of fused-ring (bicyclic) bond motifs is 1. The predicted molar refractivity (Wildman–Crippen MR) is 76.0 cm³/mol. The molecule has 0 aliphatic carbocycles. The van der Waals surface area contributed by atoms with E-state index < -0.39 is 0 Å². The van der Waals surface area contributed by atoms with Crippen LogP contribution in [0.3, 0.4) is 0 Å². The average molecular weight is 278 g/mol. The van der Waals surface area contributed by atoms with Gasteiger partial charge in [-0.05, 0) is 12.5 Å². The van der Waals surface area contributed by atoms with Crippen LogP contribution in [0.5, 0.6) is 17.2 Å². The molecule has 0 bridgehead atoms. The van der Waals surface area contributed by atoms with Crippen molar-refractivity contribution < 1.29 is 14.2 Å². The lowest BCUT2D eigenvalue weighted by molar-refractivity contribution is 0.326. The topological polar surface area (TPSA) is 62.6 Å². The molecule has 6 nitrogen and oxygen atoms in total. The Balaban J connectivity index is 2.84. The van der Waals surface area contributed by atoms with Crippen LogP contribution >= 0.6 is 0 Å². The fourth-order valence-electron chi connectivity index (χ4n) is 2.17. The van der Waals surface area contributed by atoms with Gasteiger partial charge in [0.25, 0.3) is 5.56 Å². The third-order valence-corrected chi connectivity index (χ3v) is 3.09. The molecule has 1 aromatic heterocycles. The van der Waals surface area contributed by atoms with E-state index in [4.69, 9.17) is 14.2 Å². The SMILES string of the molecule is CCCn1cnc2c(OC)c(OC)c(OC)cc2c1=O. The molecular weight excluding hydrogens is 260 g/mol. The van der Waals surface area contributed by atoms with Gasteiger partial charge in [0.1, 0.15) is 5.52 Å². The first-order chi connectivity index (χ1) is 9.67. The van der Waals surface area contributed by atoms with Crippen LogP contribution in [0.15, 0.2) is 17.2 Å². The van der Waals surface area contributed by atoms with Gasteiger partial charge in [-0.15, -0.1) is 0 Å². The molecule has 0 unspecified atom stereocenters. The number of hydrogen-bond acceptors (Lipinski definition) is 5. The average Bonchev–Trinajstić information content (AvgIpc) is 2.48. The van der Waals surface area contributed by atoms with E-state index >= 15 is 0 Å². The molecule has 6 heteroatoms. The van der Waals surface area contributed by atoms with E-state index in [1.807, 2.05) is 6.92 Å². The van der Waals surface area contributed by atoms with Crippen molar-refractivity contribution in [1.29, 1.82) is 0 Å². The van der Waals surface area contributed by atoms with Crippen molar-refractivity contribution in [2.75, 3.05) is 21.3 Å². The van der Waals surface area contributed by atoms with E-state index in [1.165, 1.54) is 27.7 Å². The molecule has 20 heavy (non-hydrogen) atoms. The second-order valence-electron chi connectivity index (χ2n) is 4.28. The molecule has 0 saturated heterocycles. The fourth-order valence-corrected chi connectivity index (χ4v) is 2.17. The summed E-state index contributed by atoms with van der Waals surface area (Å²) in [4.78, 5) is 16.7. The molecule has 108 valence electrons. The highest BCUT2D eigenvalue weighted by Crippen LogP contribution is 2.41. The Bertz CT molecular complexity index is 679. The molecule has 2 rings (SSSR count). The van der Waals surface area contributed by atoms with Crippen molar-refractivity contribution in [2.24, 2.45) is 0 Å². The Morgan fingerprint density at radius 3 is 2.40 bits per heavy atom. The maximum Gasteiger partial charge on any atom is 0.261 e. The summed E-state index contributed by atoms with van der Waals surface area (Å²) in [5.74, 6) is 1.29. The summed E-state index contributed by atoms with van der Waals surface area (Å²) in [7, 11) is 4.55. The lowest BCUT2D eigenvalue weighted by Crippen LogP contribution is -2.20. The van der Waals surface area contributed by atoms with Gasteiger partial charge in [-0.25, -0.2) is 4.98 Å². The molecule has 0 N–H and O–H groups in total. The largest absolute Gasteiger partial charge is 0.493 e. The van der Waals surface area contributed by atoms with Crippen LogP contribution in [0.25, 0.3) is 10.9 Å². The van der Waals surface area contributed by atoms with Gasteiger partial charge in [0, 0.05) is 6.54 Å². The van der Waals surface area contributed by atoms with Crippen LogP contribution in [0.1, 0.15) is 13.3 Å². The molecule has 2 aromatic rings. The van der Waals surface area contributed by atoms with Crippen LogP contribution in [-0.4, -0.2) is 30.9 Å². The maximum atomic E-state index is 12.4. The molecule has 0 aliphatic rings. The lowest BCUT2D eigenvalue weighted by atomic mass is 10.2. The Labute approximate surface area is 116 Å². The quantitative estimate of drug-likeness (QED) is 0.835. The van der Waals surface area contributed by atoms with E-state index in [9.17, 15) is 4.79 Å². The molecule has 0 radical (unpaired) electrons. The fraction of sp³-hybridized carbons (Fsp3) is 0.429. The second-order valence-corrected chi connectivity index (χ2v) is 4.28. The number of benzene rings is 1. The molecule has 0 aliphatic heterocycles. The first kappa shape index (κ1) is 14.2. The summed E-state index contributed by atoms with van der Waals surface area (Å²) in [6.45, 7) is 2.63. The highest BCUT2D eigenvalue weighted by atomic mass is 16.5. The van der Waals surface area contributed by atoms with Gasteiger partial charge in [-0.1, -0.05) is 6.92 Å². The van der Waals surface area contributed by atoms with Crippen LogP contribution < -0.4 is 19.8 Å². The summed E-state index contributed by atoms with van der Waals surface area (Å²) in [5, 5.41) is 0.454. The van der Waals surface area contributed by atoms with Gasteiger partial charge in [0.2, 0.25) is 5.75 Å². The molecule has 1 heterocycles. The minimum Gasteiger partial charge on any atom is -0.493 e. The standard InChI is InChI=1S/C14H18N2O4/c1-5-6-16-8-15-11-9(14(16)17)7-10(18-2)12(19-3)13(11)20-4/h7-8H,5-6H2,1-4H3.